The van der Waals surface area contributed by atoms with E-state index in [2.05, 4.69) is 61.4 Å². The van der Waals surface area contributed by atoms with Crippen LogP contribution in [0.1, 0.15) is 18.9 Å². The highest BCUT2D eigenvalue weighted by molar-refractivity contribution is 9.10. The van der Waals surface area contributed by atoms with Gasteiger partial charge < -0.3 is 5.32 Å². The molecule has 1 fully saturated rings. The zero-order valence-electron chi connectivity index (χ0n) is 15.2. The minimum Gasteiger partial charge on any atom is -0.324 e. The molecule has 2 aromatic rings. The van der Waals surface area contributed by atoms with Crippen LogP contribution in [0.3, 0.4) is 0 Å². The normalized spacial score (nSPS) is 17.5. The second-order valence-electron chi connectivity index (χ2n) is 6.80. The summed E-state index contributed by atoms with van der Waals surface area (Å²) >= 11 is 3.49. The molecule has 0 saturated carbocycles. The number of rotatable bonds is 5. The fraction of sp³-hybridized carbons (Fsp3) is 0.381. The van der Waals surface area contributed by atoms with Crippen molar-refractivity contribution >= 4 is 27.5 Å². The number of amides is 1. The van der Waals surface area contributed by atoms with Gasteiger partial charge in [-0.3, -0.25) is 14.6 Å². The van der Waals surface area contributed by atoms with Gasteiger partial charge in [-0.15, -0.1) is 0 Å². The summed E-state index contributed by atoms with van der Waals surface area (Å²) in [6.45, 7) is 6.91. The Kier molecular flexibility index (Phi) is 6.83. The van der Waals surface area contributed by atoms with Crippen molar-refractivity contribution in [1.82, 2.24) is 9.80 Å². The second-order valence-corrected chi connectivity index (χ2v) is 7.65. The number of carbonyl (C=O) groups excluding carboxylic acids is 1. The second kappa shape index (κ2) is 9.31. The van der Waals surface area contributed by atoms with Gasteiger partial charge in [-0.05, 0) is 53.5 Å². The topological polar surface area (TPSA) is 35.6 Å². The monoisotopic (exact) mass is 415 g/mol. The molecular formula is C21H26BrN3O. The number of nitrogens with zero attached hydrogens (tertiary/aromatic N) is 2. The van der Waals surface area contributed by atoms with E-state index in [9.17, 15) is 4.79 Å². The van der Waals surface area contributed by atoms with E-state index < -0.39 is 0 Å². The van der Waals surface area contributed by atoms with Gasteiger partial charge in [-0.2, -0.15) is 0 Å². The van der Waals surface area contributed by atoms with E-state index in [4.69, 9.17) is 0 Å². The first-order valence-electron chi connectivity index (χ1n) is 9.19. The molecular weight excluding hydrogens is 390 g/mol. The molecule has 0 spiro atoms. The minimum absolute atomic E-state index is 0.0495. The molecule has 1 unspecified atom stereocenters. The maximum Gasteiger partial charge on any atom is 0.241 e. The number of carbonyl (C=O) groups is 1. The van der Waals surface area contributed by atoms with Gasteiger partial charge in [0.2, 0.25) is 5.91 Å². The molecule has 1 amide bonds. The van der Waals surface area contributed by atoms with E-state index in [0.29, 0.717) is 0 Å². The van der Waals surface area contributed by atoms with E-state index in [1.165, 1.54) is 5.56 Å². The highest BCUT2D eigenvalue weighted by Gasteiger charge is 2.24. The zero-order valence-corrected chi connectivity index (χ0v) is 16.8. The Hall–Kier alpha value is -1.69. The fourth-order valence-corrected chi connectivity index (χ4v) is 3.73. The summed E-state index contributed by atoms with van der Waals surface area (Å²) in [6, 6.07) is 18.2. The van der Waals surface area contributed by atoms with Crippen molar-refractivity contribution in [2.45, 2.75) is 25.9 Å². The van der Waals surface area contributed by atoms with E-state index >= 15 is 0 Å². The summed E-state index contributed by atoms with van der Waals surface area (Å²) in [6.07, 6.45) is 1.08. The van der Waals surface area contributed by atoms with Gasteiger partial charge in [-0.25, -0.2) is 0 Å². The molecule has 26 heavy (non-hydrogen) atoms. The summed E-state index contributed by atoms with van der Waals surface area (Å²) in [7, 11) is 0. The number of hydrogen-bond acceptors (Lipinski definition) is 3. The van der Waals surface area contributed by atoms with Gasteiger partial charge in [0, 0.05) is 30.7 Å². The van der Waals surface area contributed by atoms with Crippen LogP contribution in [0.5, 0.6) is 0 Å². The Labute approximate surface area is 164 Å². The van der Waals surface area contributed by atoms with Crippen molar-refractivity contribution < 1.29 is 4.79 Å². The van der Waals surface area contributed by atoms with Crippen LogP contribution in [0.4, 0.5) is 5.69 Å². The SMILES string of the molecule is CC(C(=O)Nc1ccccc1Br)N1CCCN(Cc2ccccc2)CC1. The molecule has 4 nitrogen and oxygen atoms in total. The maximum atomic E-state index is 12.7. The fourth-order valence-electron chi connectivity index (χ4n) is 3.34. The lowest BCUT2D eigenvalue weighted by molar-refractivity contribution is -0.120. The lowest BCUT2D eigenvalue weighted by Crippen LogP contribution is -2.43. The highest BCUT2D eigenvalue weighted by Crippen LogP contribution is 2.22. The molecule has 1 aliphatic heterocycles. The third-order valence-corrected chi connectivity index (χ3v) is 5.62. The Bertz CT molecular complexity index is 722. The third kappa shape index (κ3) is 5.16. The first-order chi connectivity index (χ1) is 12.6. The van der Waals surface area contributed by atoms with Crippen LogP contribution in [0.25, 0.3) is 0 Å². The zero-order chi connectivity index (χ0) is 18.4. The summed E-state index contributed by atoms with van der Waals surface area (Å²) in [5.41, 5.74) is 2.17. The third-order valence-electron chi connectivity index (χ3n) is 4.93. The van der Waals surface area contributed by atoms with Crippen molar-refractivity contribution in [3.63, 3.8) is 0 Å². The predicted octanol–water partition coefficient (Wildman–Crippen LogP) is 3.98. The molecule has 1 heterocycles. The molecule has 0 bridgehead atoms. The van der Waals surface area contributed by atoms with E-state index in [-0.39, 0.29) is 11.9 Å². The largest absolute Gasteiger partial charge is 0.324 e. The molecule has 5 heteroatoms. The van der Waals surface area contributed by atoms with Crippen molar-refractivity contribution in [3.05, 3.63) is 64.6 Å². The lowest BCUT2D eigenvalue weighted by Gasteiger charge is -2.27. The first-order valence-corrected chi connectivity index (χ1v) is 9.98. The standard InChI is InChI=1S/C21H26BrN3O/c1-17(21(26)23-20-11-6-5-10-19(20)22)25-13-7-12-24(14-15-25)16-18-8-3-2-4-9-18/h2-6,8-11,17H,7,12-16H2,1H3,(H,23,26). The van der Waals surface area contributed by atoms with E-state index in [1.807, 2.05) is 31.2 Å². The maximum absolute atomic E-state index is 12.7. The quantitative estimate of drug-likeness (QED) is 0.801. The number of halogens is 1. The Morgan fingerprint density at radius 1 is 1.04 bits per heavy atom. The van der Waals surface area contributed by atoms with Gasteiger partial charge in [0.05, 0.1) is 11.7 Å². The molecule has 2 aromatic carbocycles. The van der Waals surface area contributed by atoms with Crippen LogP contribution >= 0.6 is 15.9 Å². The minimum atomic E-state index is -0.140. The molecule has 1 N–H and O–H groups in total. The lowest BCUT2D eigenvalue weighted by atomic mass is 10.2. The summed E-state index contributed by atoms with van der Waals surface area (Å²) in [4.78, 5) is 17.4. The molecule has 1 aliphatic rings. The van der Waals surface area contributed by atoms with Crippen LogP contribution in [0.15, 0.2) is 59.1 Å². The number of benzene rings is 2. The summed E-state index contributed by atoms with van der Waals surface area (Å²) in [5, 5.41) is 3.04. The number of anilines is 1. The summed E-state index contributed by atoms with van der Waals surface area (Å²) in [5.74, 6) is 0.0495. The van der Waals surface area contributed by atoms with Crippen molar-refractivity contribution in [2.24, 2.45) is 0 Å². The van der Waals surface area contributed by atoms with Gasteiger partial charge >= 0.3 is 0 Å². The van der Waals surface area contributed by atoms with Crippen molar-refractivity contribution in [1.29, 1.82) is 0 Å². The smallest absolute Gasteiger partial charge is 0.241 e. The van der Waals surface area contributed by atoms with Crippen LogP contribution in [0, 0.1) is 0 Å². The number of nitrogens with one attached hydrogen (secondary N) is 1. The van der Waals surface area contributed by atoms with Crippen LogP contribution in [-0.4, -0.2) is 47.9 Å². The molecule has 0 aliphatic carbocycles. The predicted molar refractivity (Wildman–Crippen MR) is 110 cm³/mol. The number of para-hydroxylation sites is 1. The van der Waals surface area contributed by atoms with Crippen molar-refractivity contribution in [2.75, 3.05) is 31.5 Å². The molecule has 0 radical (unpaired) electrons. The van der Waals surface area contributed by atoms with Crippen LogP contribution in [-0.2, 0) is 11.3 Å². The van der Waals surface area contributed by atoms with Crippen molar-refractivity contribution in [3.8, 4) is 0 Å². The Morgan fingerprint density at radius 3 is 2.54 bits per heavy atom. The van der Waals surface area contributed by atoms with Gasteiger partial charge in [0.15, 0.2) is 0 Å². The molecule has 3 rings (SSSR count). The van der Waals surface area contributed by atoms with E-state index in [1.54, 1.807) is 0 Å². The highest BCUT2D eigenvalue weighted by atomic mass is 79.9. The van der Waals surface area contributed by atoms with Gasteiger partial charge in [0.25, 0.3) is 0 Å². The average Bonchev–Trinajstić information content (AvgIpc) is 2.89. The average molecular weight is 416 g/mol. The van der Waals surface area contributed by atoms with Crippen LogP contribution in [0.2, 0.25) is 0 Å². The molecule has 138 valence electrons. The molecule has 1 atom stereocenters. The van der Waals surface area contributed by atoms with E-state index in [0.717, 1.165) is 49.3 Å². The van der Waals surface area contributed by atoms with Crippen LogP contribution < -0.4 is 5.32 Å². The Balaban J connectivity index is 1.54. The Morgan fingerprint density at radius 2 is 1.77 bits per heavy atom. The van der Waals surface area contributed by atoms with Gasteiger partial charge in [0.1, 0.15) is 0 Å². The number of hydrogen-bond donors (Lipinski definition) is 1. The molecule has 0 aromatic heterocycles. The van der Waals surface area contributed by atoms with Gasteiger partial charge in [-0.1, -0.05) is 42.5 Å². The first kappa shape index (κ1) is 19.1. The summed E-state index contributed by atoms with van der Waals surface area (Å²) < 4.78 is 0.908. The molecule has 1 saturated heterocycles.